The van der Waals surface area contributed by atoms with Gasteiger partial charge in [0.1, 0.15) is 0 Å². The van der Waals surface area contributed by atoms with Gasteiger partial charge in [-0.3, -0.25) is 4.79 Å². The molecule has 0 atom stereocenters. The maximum absolute atomic E-state index is 12.9. The van der Waals surface area contributed by atoms with Crippen LogP contribution in [0.2, 0.25) is 0 Å². The van der Waals surface area contributed by atoms with Gasteiger partial charge >= 0.3 is 0 Å². The molecule has 1 saturated heterocycles. The zero-order chi connectivity index (χ0) is 24.3. The molecule has 6 nitrogen and oxygen atoms in total. The minimum absolute atomic E-state index is 0.188. The van der Waals surface area contributed by atoms with Crippen molar-refractivity contribution in [3.63, 3.8) is 0 Å². The Bertz CT molecular complexity index is 1420. The summed E-state index contributed by atoms with van der Waals surface area (Å²) in [6.45, 7) is 3.47. The van der Waals surface area contributed by atoms with E-state index in [4.69, 9.17) is 5.10 Å². The lowest BCUT2D eigenvalue weighted by atomic mass is 10.1. The molecule has 7 heteroatoms. The van der Waals surface area contributed by atoms with Crippen molar-refractivity contribution in [1.82, 2.24) is 14.7 Å². The number of anilines is 1. The van der Waals surface area contributed by atoms with Gasteiger partial charge in [0.05, 0.1) is 16.3 Å². The number of aromatic nitrogens is 2. The monoisotopic (exact) mass is 491 g/mol. The smallest absolute Gasteiger partial charge is 0.286 e. The summed E-state index contributed by atoms with van der Waals surface area (Å²) in [6.07, 6.45) is 3.91. The topological polar surface area (TPSA) is 53.7 Å². The average Bonchev–Trinajstić information content (AvgIpc) is 3.54. The minimum atomic E-state index is -0.188. The van der Waals surface area contributed by atoms with E-state index < -0.39 is 0 Å². The molecule has 36 heavy (non-hydrogen) atoms. The lowest BCUT2D eigenvalue weighted by Gasteiger charge is -2.36. The predicted octanol–water partition coefficient (Wildman–Crippen LogP) is 5.33. The molecule has 1 amide bonds. The molecular weight excluding hydrogens is 466 g/mol. The number of para-hydroxylation sites is 2. The molecule has 0 unspecified atom stereocenters. The quantitative estimate of drug-likeness (QED) is 0.361. The van der Waals surface area contributed by atoms with Gasteiger partial charge in [0, 0.05) is 49.2 Å². The molecule has 3 heterocycles. The zero-order valence-electron chi connectivity index (χ0n) is 19.7. The lowest BCUT2D eigenvalue weighted by Crippen LogP contribution is -2.47. The SMILES string of the molecule is O=C1N=C(N2CCN(c3ccccc3)CC2)SC1=Cc1cn(-c2ccccc2)nc1-c1ccccc1. The van der Waals surface area contributed by atoms with Gasteiger partial charge in [0.25, 0.3) is 5.91 Å². The Kier molecular flexibility index (Phi) is 6.13. The molecule has 0 bridgehead atoms. The van der Waals surface area contributed by atoms with Crippen molar-refractivity contribution in [3.05, 3.63) is 108 Å². The van der Waals surface area contributed by atoms with Gasteiger partial charge in [-0.05, 0) is 42.1 Å². The molecule has 178 valence electrons. The highest BCUT2D eigenvalue weighted by Gasteiger charge is 2.29. The van der Waals surface area contributed by atoms with Crippen LogP contribution in [-0.4, -0.2) is 51.9 Å². The molecule has 0 saturated carbocycles. The van der Waals surface area contributed by atoms with E-state index in [2.05, 4.69) is 39.1 Å². The maximum atomic E-state index is 12.9. The van der Waals surface area contributed by atoms with Crippen molar-refractivity contribution in [3.8, 4) is 16.9 Å². The number of amides is 1. The fourth-order valence-electron chi connectivity index (χ4n) is 4.50. The third kappa shape index (κ3) is 4.57. The van der Waals surface area contributed by atoms with Crippen LogP contribution in [0.1, 0.15) is 5.56 Å². The van der Waals surface area contributed by atoms with Gasteiger partial charge in [-0.25, -0.2) is 4.68 Å². The number of hydrogen-bond acceptors (Lipinski definition) is 5. The van der Waals surface area contributed by atoms with Crippen molar-refractivity contribution in [2.24, 2.45) is 4.99 Å². The fourth-order valence-corrected chi connectivity index (χ4v) is 5.45. The summed E-state index contributed by atoms with van der Waals surface area (Å²) in [6, 6.07) is 30.5. The molecule has 2 aliphatic rings. The normalized spacial score (nSPS) is 17.1. The van der Waals surface area contributed by atoms with Crippen LogP contribution in [0.3, 0.4) is 0 Å². The highest BCUT2D eigenvalue weighted by molar-refractivity contribution is 8.18. The molecule has 0 spiro atoms. The van der Waals surface area contributed by atoms with E-state index in [1.165, 1.54) is 17.4 Å². The van der Waals surface area contributed by atoms with E-state index in [1.54, 1.807) is 0 Å². The molecule has 0 radical (unpaired) electrons. The van der Waals surface area contributed by atoms with E-state index in [9.17, 15) is 4.79 Å². The molecule has 1 fully saturated rings. The van der Waals surface area contributed by atoms with Crippen LogP contribution in [0, 0.1) is 0 Å². The molecule has 6 rings (SSSR count). The number of benzene rings is 3. The molecule has 0 aliphatic carbocycles. The Morgan fingerprint density at radius 2 is 1.31 bits per heavy atom. The first-order chi connectivity index (χ1) is 17.7. The Morgan fingerprint density at radius 1 is 0.722 bits per heavy atom. The van der Waals surface area contributed by atoms with Crippen LogP contribution in [-0.2, 0) is 4.79 Å². The fraction of sp³-hybridized carbons (Fsp3) is 0.138. The van der Waals surface area contributed by atoms with E-state index in [-0.39, 0.29) is 5.91 Å². The maximum Gasteiger partial charge on any atom is 0.286 e. The van der Waals surface area contributed by atoms with Crippen molar-refractivity contribution in [2.75, 3.05) is 31.1 Å². The lowest BCUT2D eigenvalue weighted by molar-refractivity contribution is -0.113. The number of carbonyl (C=O) groups is 1. The van der Waals surface area contributed by atoms with E-state index >= 15 is 0 Å². The summed E-state index contributed by atoms with van der Waals surface area (Å²) < 4.78 is 1.86. The predicted molar refractivity (Wildman–Crippen MR) is 147 cm³/mol. The van der Waals surface area contributed by atoms with Crippen molar-refractivity contribution in [1.29, 1.82) is 0 Å². The van der Waals surface area contributed by atoms with Gasteiger partial charge in [-0.15, -0.1) is 0 Å². The van der Waals surface area contributed by atoms with E-state index in [0.717, 1.165) is 53.9 Å². The first-order valence-electron chi connectivity index (χ1n) is 12.0. The first-order valence-corrected chi connectivity index (χ1v) is 12.8. The second-order valence-electron chi connectivity index (χ2n) is 8.70. The molecule has 0 N–H and O–H groups in total. The summed E-state index contributed by atoms with van der Waals surface area (Å²) in [5.41, 5.74) is 4.95. The van der Waals surface area contributed by atoms with Crippen LogP contribution in [0.15, 0.2) is 107 Å². The van der Waals surface area contributed by atoms with Crippen molar-refractivity contribution < 1.29 is 4.79 Å². The third-order valence-electron chi connectivity index (χ3n) is 6.38. The van der Waals surface area contributed by atoms with Crippen LogP contribution < -0.4 is 4.90 Å². The summed E-state index contributed by atoms with van der Waals surface area (Å²) in [7, 11) is 0. The van der Waals surface area contributed by atoms with Crippen LogP contribution in [0.4, 0.5) is 5.69 Å². The standard InChI is InChI=1S/C29H25N5OS/c35-28-26(36-29(30-28)33-18-16-32(17-19-33)24-12-6-2-7-13-24)20-23-21-34(25-14-8-3-9-15-25)31-27(23)22-10-4-1-5-11-22/h1-15,20-21H,16-19H2. The number of aliphatic imine (C=N–C) groups is 1. The number of hydrogen-bond donors (Lipinski definition) is 0. The summed E-state index contributed by atoms with van der Waals surface area (Å²) in [4.78, 5) is 22.5. The highest BCUT2D eigenvalue weighted by Crippen LogP contribution is 2.33. The number of amidine groups is 1. The van der Waals surface area contributed by atoms with E-state index in [1.807, 2.05) is 83.7 Å². The highest BCUT2D eigenvalue weighted by atomic mass is 32.2. The number of nitrogens with zero attached hydrogens (tertiary/aromatic N) is 5. The van der Waals surface area contributed by atoms with Crippen molar-refractivity contribution in [2.45, 2.75) is 0 Å². The largest absolute Gasteiger partial charge is 0.368 e. The Hall–Kier alpha value is -4.10. The van der Waals surface area contributed by atoms with Crippen LogP contribution in [0.25, 0.3) is 23.0 Å². The van der Waals surface area contributed by atoms with Crippen LogP contribution >= 0.6 is 11.8 Å². The van der Waals surface area contributed by atoms with Gasteiger partial charge < -0.3 is 9.80 Å². The third-order valence-corrected chi connectivity index (χ3v) is 7.42. The molecule has 4 aromatic rings. The number of carbonyl (C=O) groups excluding carboxylic acids is 1. The molecule has 3 aromatic carbocycles. The Labute approximate surface area is 214 Å². The van der Waals surface area contributed by atoms with Gasteiger partial charge in [0.15, 0.2) is 5.17 Å². The summed E-state index contributed by atoms with van der Waals surface area (Å²) in [5, 5.41) is 5.65. The minimum Gasteiger partial charge on any atom is -0.368 e. The second kappa shape index (κ2) is 9.87. The average molecular weight is 492 g/mol. The van der Waals surface area contributed by atoms with Crippen LogP contribution in [0.5, 0.6) is 0 Å². The first kappa shape index (κ1) is 22.4. The van der Waals surface area contributed by atoms with Gasteiger partial charge in [0.2, 0.25) is 0 Å². The zero-order valence-corrected chi connectivity index (χ0v) is 20.5. The molecule has 2 aliphatic heterocycles. The Morgan fingerprint density at radius 3 is 1.97 bits per heavy atom. The van der Waals surface area contributed by atoms with Gasteiger partial charge in [-0.1, -0.05) is 66.7 Å². The second-order valence-corrected chi connectivity index (χ2v) is 9.71. The van der Waals surface area contributed by atoms with Gasteiger partial charge in [-0.2, -0.15) is 10.1 Å². The number of thioether (sulfide) groups is 1. The summed E-state index contributed by atoms with van der Waals surface area (Å²) in [5.74, 6) is -0.188. The molecule has 1 aromatic heterocycles. The number of piperazine rings is 1. The summed E-state index contributed by atoms with van der Waals surface area (Å²) >= 11 is 1.46. The Balaban J connectivity index is 1.23. The molecular formula is C29H25N5OS. The number of rotatable bonds is 4. The van der Waals surface area contributed by atoms with E-state index in [0.29, 0.717) is 4.91 Å². The van der Waals surface area contributed by atoms with Crippen molar-refractivity contribution >= 4 is 34.6 Å².